The maximum Gasteiger partial charge on any atom is 0.122 e. The van der Waals surface area contributed by atoms with Gasteiger partial charge >= 0.3 is 0 Å². The first-order chi connectivity index (χ1) is 14.1. The van der Waals surface area contributed by atoms with Crippen molar-refractivity contribution < 1.29 is 9.84 Å². The van der Waals surface area contributed by atoms with Gasteiger partial charge in [-0.05, 0) is 98.4 Å². The van der Waals surface area contributed by atoms with E-state index in [4.69, 9.17) is 10.5 Å². The van der Waals surface area contributed by atoms with Crippen LogP contribution in [0.4, 0.5) is 0 Å². The van der Waals surface area contributed by atoms with Gasteiger partial charge in [0, 0.05) is 5.54 Å². The minimum atomic E-state index is -0.372. The van der Waals surface area contributed by atoms with Crippen molar-refractivity contribution >= 4 is 0 Å². The number of hydrogen-bond acceptors (Lipinski definition) is 3. The molecular formula is C26H35NO2. The normalized spacial score (nSPS) is 26.3. The summed E-state index contributed by atoms with van der Waals surface area (Å²) in [6.07, 6.45) is 8.89. The van der Waals surface area contributed by atoms with Gasteiger partial charge in [0.1, 0.15) is 5.75 Å². The summed E-state index contributed by atoms with van der Waals surface area (Å²) < 4.78 is 5.79. The van der Waals surface area contributed by atoms with E-state index in [0.29, 0.717) is 5.92 Å². The Morgan fingerprint density at radius 2 is 2.00 bits per heavy atom. The van der Waals surface area contributed by atoms with E-state index in [1.165, 1.54) is 47.9 Å². The zero-order valence-electron chi connectivity index (χ0n) is 17.7. The first-order valence-electron chi connectivity index (χ1n) is 11.3. The number of aliphatic hydroxyl groups excluding tert-OH is 1. The number of aryl methyl sites for hydroxylation is 2. The van der Waals surface area contributed by atoms with Crippen LogP contribution in [-0.4, -0.2) is 23.9 Å². The second kappa shape index (κ2) is 8.89. The molecule has 1 fully saturated rings. The summed E-state index contributed by atoms with van der Waals surface area (Å²) in [5, 5.41) is 9.56. The first kappa shape index (κ1) is 20.4. The summed E-state index contributed by atoms with van der Waals surface area (Å²) >= 11 is 0. The standard InChI is InChI=1S/C26H35NO2/c1-2-29-25-6-4-3-5-20(25)9-7-19-8-10-22-16-23(12-11-21(22)15-19)24-13-14-26(27,17-24)18-28/h3-6,11-12,16,19,24,28H,2,7-10,13-15,17-18,27H2,1H3/t19?,24-,26-/m1/s1. The Balaban J connectivity index is 1.37. The fourth-order valence-corrected chi connectivity index (χ4v) is 5.30. The highest BCUT2D eigenvalue weighted by atomic mass is 16.5. The van der Waals surface area contributed by atoms with Gasteiger partial charge in [0.2, 0.25) is 0 Å². The molecule has 0 heterocycles. The SMILES string of the molecule is CCOc1ccccc1CCC1CCc2cc([C@@H]3CC[C@](N)(CO)C3)ccc2C1. The van der Waals surface area contributed by atoms with Crippen LogP contribution in [0.25, 0.3) is 0 Å². The van der Waals surface area contributed by atoms with Gasteiger partial charge in [0.05, 0.1) is 13.2 Å². The van der Waals surface area contributed by atoms with Crippen LogP contribution in [0.3, 0.4) is 0 Å². The molecule has 3 atom stereocenters. The molecule has 1 saturated carbocycles. The highest BCUT2D eigenvalue weighted by Gasteiger charge is 2.36. The zero-order valence-corrected chi connectivity index (χ0v) is 17.7. The summed E-state index contributed by atoms with van der Waals surface area (Å²) in [7, 11) is 0. The quantitative estimate of drug-likeness (QED) is 0.712. The molecule has 0 saturated heterocycles. The highest BCUT2D eigenvalue weighted by molar-refractivity contribution is 5.37. The van der Waals surface area contributed by atoms with Crippen molar-refractivity contribution in [3.8, 4) is 5.75 Å². The van der Waals surface area contributed by atoms with Crippen molar-refractivity contribution in [2.75, 3.05) is 13.2 Å². The van der Waals surface area contributed by atoms with E-state index >= 15 is 0 Å². The molecule has 3 nitrogen and oxygen atoms in total. The van der Waals surface area contributed by atoms with Gasteiger partial charge in [-0.15, -0.1) is 0 Å². The lowest BCUT2D eigenvalue weighted by Crippen LogP contribution is -2.40. The summed E-state index contributed by atoms with van der Waals surface area (Å²) in [6, 6.07) is 15.6. The fourth-order valence-electron chi connectivity index (χ4n) is 5.30. The Morgan fingerprint density at radius 3 is 2.79 bits per heavy atom. The molecule has 0 bridgehead atoms. The smallest absolute Gasteiger partial charge is 0.122 e. The van der Waals surface area contributed by atoms with Gasteiger partial charge in [-0.3, -0.25) is 0 Å². The van der Waals surface area contributed by atoms with Crippen LogP contribution in [-0.2, 0) is 19.3 Å². The van der Waals surface area contributed by atoms with Gasteiger partial charge < -0.3 is 15.6 Å². The van der Waals surface area contributed by atoms with Gasteiger partial charge in [-0.1, -0.05) is 36.4 Å². The van der Waals surface area contributed by atoms with Gasteiger partial charge in [0.25, 0.3) is 0 Å². The lowest BCUT2D eigenvalue weighted by molar-refractivity contribution is 0.198. The van der Waals surface area contributed by atoms with Gasteiger partial charge in [0.15, 0.2) is 0 Å². The second-order valence-corrected chi connectivity index (χ2v) is 9.18. The number of para-hydroxylation sites is 1. The Hall–Kier alpha value is -1.84. The first-order valence-corrected chi connectivity index (χ1v) is 11.3. The van der Waals surface area contributed by atoms with Crippen LogP contribution in [0.15, 0.2) is 42.5 Å². The monoisotopic (exact) mass is 393 g/mol. The van der Waals surface area contributed by atoms with Crippen molar-refractivity contribution in [2.24, 2.45) is 11.7 Å². The number of nitrogens with two attached hydrogens (primary N) is 1. The molecule has 0 aliphatic heterocycles. The average molecular weight is 394 g/mol. The molecule has 3 heteroatoms. The topological polar surface area (TPSA) is 55.5 Å². The number of hydrogen-bond donors (Lipinski definition) is 2. The Kier molecular flexibility index (Phi) is 6.26. The number of benzene rings is 2. The lowest BCUT2D eigenvalue weighted by Gasteiger charge is -2.26. The fraction of sp³-hybridized carbons (Fsp3) is 0.538. The van der Waals surface area contributed by atoms with Crippen LogP contribution in [0.2, 0.25) is 0 Å². The molecule has 2 aromatic carbocycles. The molecule has 2 aromatic rings. The number of aliphatic hydroxyl groups is 1. The van der Waals surface area contributed by atoms with Gasteiger partial charge in [-0.25, -0.2) is 0 Å². The Bertz CT molecular complexity index is 833. The number of fused-ring (bicyclic) bond motifs is 1. The minimum absolute atomic E-state index is 0.0997. The Labute approximate surface area is 175 Å². The number of ether oxygens (including phenoxy) is 1. The lowest BCUT2D eigenvalue weighted by atomic mass is 9.79. The summed E-state index contributed by atoms with van der Waals surface area (Å²) in [4.78, 5) is 0. The number of rotatable bonds is 7. The van der Waals surface area contributed by atoms with Crippen molar-refractivity contribution in [2.45, 2.75) is 69.7 Å². The van der Waals surface area contributed by atoms with Gasteiger partial charge in [-0.2, -0.15) is 0 Å². The summed E-state index contributed by atoms with van der Waals surface area (Å²) in [5.74, 6) is 2.30. The van der Waals surface area contributed by atoms with E-state index in [0.717, 1.165) is 44.0 Å². The predicted molar refractivity (Wildman–Crippen MR) is 118 cm³/mol. The molecule has 2 aliphatic carbocycles. The van der Waals surface area contributed by atoms with E-state index in [1.54, 1.807) is 0 Å². The van der Waals surface area contributed by atoms with Crippen molar-refractivity contribution in [3.63, 3.8) is 0 Å². The second-order valence-electron chi connectivity index (χ2n) is 9.18. The molecule has 0 spiro atoms. The third kappa shape index (κ3) is 4.67. The van der Waals surface area contributed by atoms with E-state index < -0.39 is 0 Å². The molecular weight excluding hydrogens is 358 g/mol. The summed E-state index contributed by atoms with van der Waals surface area (Å²) in [6.45, 7) is 2.87. The largest absolute Gasteiger partial charge is 0.494 e. The molecule has 0 aromatic heterocycles. The van der Waals surface area contributed by atoms with Crippen LogP contribution in [0, 0.1) is 5.92 Å². The van der Waals surface area contributed by atoms with E-state index in [1.807, 2.05) is 6.92 Å². The molecule has 1 unspecified atom stereocenters. The molecule has 4 rings (SSSR count). The average Bonchev–Trinajstić information content (AvgIpc) is 3.16. The van der Waals surface area contributed by atoms with Crippen molar-refractivity contribution in [1.29, 1.82) is 0 Å². The maximum atomic E-state index is 9.56. The molecule has 0 amide bonds. The van der Waals surface area contributed by atoms with E-state index in [9.17, 15) is 5.11 Å². The maximum absolute atomic E-state index is 9.56. The zero-order chi connectivity index (χ0) is 20.3. The third-order valence-electron chi connectivity index (χ3n) is 7.09. The molecule has 156 valence electrons. The van der Waals surface area contributed by atoms with Crippen LogP contribution in [0.5, 0.6) is 5.75 Å². The summed E-state index contributed by atoms with van der Waals surface area (Å²) in [5.41, 5.74) is 11.7. The molecule has 2 aliphatic rings. The highest BCUT2D eigenvalue weighted by Crippen LogP contribution is 2.41. The molecule has 0 radical (unpaired) electrons. The van der Waals surface area contributed by atoms with Crippen molar-refractivity contribution in [1.82, 2.24) is 0 Å². The van der Waals surface area contributed by atoms with Crippen molar-refractivity contribution in [3.05, 3.63) is 64.7 Å². The van der Waals surface area contributed by atoms with E-state index in [2.05, 4.69) is 42.5 Å². The predicted octanol–water partition coefficient (Wildman–Crippen LogP) is 4.78. The van der Waals surface area contributed by atoms with Crippen LogP contribution in [0.1, 0.15) is 67.2 Å². The van der Waals surface area contributed by atoms with Crippen LogP contribution >= 0.6 is 0 Å². The third-order valence-corrected chi connectivity index (χ3v) is 7.09. The minimum Gasteiger partial charge on any atom is -0.494 e. The van der Waals surface area contributed by atoms with Crippen LogP contribution < -0.4 is 10.5 Å². The molecule has 29 heavy (non-hydrogen) atoms. The molecule has 3 N–H and O–H groups in total. The van der Waals surface area contributed by atoms with E-state index in [-0.39, 0.29) is 12.1 Å². The Morgan fingerprint density at radius 1 is 1.14 bits per heavy atom.